The molecule has 0 saturated heterocycles. The van der Waals surface area contributed by atoms with Crippen molar-refractivity contribution in [1.29, 1.82) is 0 Å². The summed E-state index contributed by atoms with van der Waals surface area (Å²) in [6.45, 7) is 4.11. The van der Waals surface area contributed by atoms with Crippen molar-refractivity contribution in [3.05, 3.63) is 150 Å². The first-order chi connectivity index (χ1) is 21.8. The number of para-hydroxylation sites is 1. The molecule has 4 heteroatoms. The van der Waals surface area contributed by atoms with Crippen LogP contribution >= 0.6 is 0 Å². The molecule has 8 rings (SSSR count). The molecule has 0 radical (unpaired) electrons. The molecule has 5 aromatic rings. The summed E-state index contributed by atoms with van der Waals surface area (Å²) in [5.41, 5.74) is 10.9. The van der Waals surface area contributed by atoms with Gasteiger partial charge in [-0.3, -0.25) is 15.0 Å². The van der Waals surface area contributed by atoms with E-state index >= 15 is 0 Å². The second kappa shape index (κ2) is 11.0. The molecule has 0 saturated carbocycles. The maximum absolute atomic E-state index is 5.20. The van der Waals surface area contributed by atoms with Gasteiger partial charge in [0, 0.05) is 58.2 Å². The van der Waals surface area contributed by atoms with Gasteiger partial charge in [-0.1, -0.05) is 91.6 Å². The minimum Gasteiger partial charge on any atom is -0.282 e. The van der Waals surface area contributed by atoms with E-state index in [1.807, 2.05) is 43.0 Å². The smallest absolute Gasteiger partial charge is 0.102 e. The number of hydrogen-bond donors (Lipinski definition) is 0. The first-order valence-electron chi connectivity index (χ1n) is 15.1. The number of rotatable bonds is 5. The average Bonchev–Trinajstić information content (AvgIpc) is 3.09. The van der Waals surface area contributed by atoms with Gasteiger partial charge in [-0.2, -0.15) is 0 Å². The van der Waals surface area contributed by atoms with Gasteiger partial charge in [0.25, 0.3) is 0 Å². The number of aliphatic imine (C=N–C) groups is 2. The molecule has 0 bridgehead atoms. The fourth-order valence-corrected chi connectivity index (χ4v) is 6.69. The molecule has 0 amide bonds. The quantitative estimate of drug-likeness (QED) is 0.121. The zero-order valence-corrected chi connectivity index (χ0v) is 24.3. The van der Waals surface area contributed by atoms with Crippen LogP contribution in [0.4, 0.5) is 0 Å². The number of dihydropyridines is 1. The molecule has 210 valence electrons. The summed E-state index contributed by atoms with van der Waals surface area (Å²) in [6.07, 6.45) is 24.5. The molecule has 0 fully saturated rings. The summed E-state index contributed by atoms with van der Waals surface area (Å²) in [7, 11) is 0. The van der Waals surface area contributed by atoms with E-state index in [0.717, 1.165) is 57.6 Å². The Morgan fingerprint density at radius 1 is 0.955 bits per heavy atom. The summed E-state index contributed by atoms with van der Waals surface area (Å²) in [6, 6.07) is 23.6. The zero-order valence-electron chi connectivity index (χ0n) is 24.3. The van der Waals surface area contributed by atoms with E-state index in [4.69, 9.17) is 9.98 Å². The predicted octanol–water partition coefficient (Wildman–Crippen LogP) is 9.38. The summed E-state index contributed by atoms with van der Waals surface area (Å²) in [5, 5.41) is 3.72. The summed E-state index contributed by atoms with van der Waals surface area (Å²) >= 11 is 0. The summed E-state index contributed by atoms with van der Waals surface area (Å²) in [5.74, 6) is 0.253. The van der Waals surface area contributed by atoms with Crippen LogP contribution in [-0.2, 0) is 6.42 Å². The van der Waals surface area contributed by atoms with Crippen LogP contribution < -0.4 is 0 Å². The number of benzene rings is 3. The fourth-order valence-electron chi connectivity index (χ4n) is 6.69. The Morgan fingerprint density at radius 3 is 2.86 bits per heavy atom. The van der Waals surface area contributed by atoms with Gasteiger partial charge in [-0.15, -0.1) is 0 Å². The van der Waals surface area contributed by atoms with Crippen LogP contribution in [-0.4, -0.2) is 22.4 Å². The second-order valence-corrected chi connectivity index (χ2v) is 11.4. The maximum Gasteiger partial charge on any atom is 0.102 e. The minimum absolute atomic E-state index is 0.0251. The van der Waals surface area contributed by atoms with Crippen molar-refractivity contribution in [2.75, 3.05) is 0 Å². The average molecular weight is 567 g/mol. The monoisotopic (exact) mass is 566 g/mol. The van der Waals surface area contributed by atoms with Gasteiger partial charge in [-0.25, -0.2) is 4.98 Å². The van der Waals surface area contributed by atoms with Gasteiger partial charge < -0.3 is 0 Å². The lowest BCUT2D eigenvalue weighted by Gasteiger charge is -2.26. The summed E-state index contributed by atoms with van der Waals surface area (Å²) in [4.78, 5) is 19.3. The standard InChI is InChI=1S/C40H30N4/c1-2-26(24-41-25-31-20-22-43-40-33(31)18-17-28-12-8-21-42-39(28)40)29-10-7-11-30(23-29)38-35-19-16-27-9-3-4-13-32(27)37(35)34-14-5-6-15-36(34)44-38/h2-3,5-12,14-25,28,39H,1,4,13H2/b26-24+,41-25?. The van der Waals surface area contributed by atoms with E-state index in [1.165, 1.54) is 27.3 Å². The van der Waals surface area contributed by atoms with Gasteiger partial charge in [-0.05, 0) is 64.8 Å². The predicted molar refractivity (Wildman–Crippen MR) is 185 cm³/mol. The molecular formula is C40H30N4. The lowest BCUT2D eigenvalue weighted by molar-refractivity contribution is 0.594. The third kappa shape index (κ3) is 4.47. The van der Waals surface area contributed by atoms with Crippen LogP contribution in [0.5, 0.6) is 0 Å². The van der Waals surface area contributed by atoms with E-state index < -0.39 is 0 Å². The highest BCUT2D eigenvalue weighted by atomic mass is 14.9. The normalized spacial score (nSPS) is 18.5. The van der Waals surface area contributed by atoms with Crippen molar-refractivity contribution in [2.24, 2.45) is 15.9 Å². The van der Waals surface area contributed by atoms with Crippen molar-refractivity contribution >= 4 is 51.8 Å². The number of fused-ring (bicyclic) bond motifs is 8. The molecule has 0 N–H and O–H groups in total. The van der Waals surface area contributed by atoms with Crippen molar-refractivity contribution in [2.45, 2.75) is 18.9 Å². The fraction of sp³-hybridized carbons (Fsp3) is 0.100. The molecule has 1 aliphatic heterocycles. The van der Waals surface area contributed by atoms with Crippen LogP contribution in [0.3, 0.4) is 0 Å². The Hall–Kier alpha value is -5.48. The Bertz CT molecular complexity index is 2160. The molecule has 3 heterocycles. The Labute approximate surface area is 257 Å². The molecule has 0 spiro atoms. The molecule has 2 aromatic heterocycles. The first kappa shape index (κ1) is 26.2. The number of pyridine rings is 2. The molecular weight excluding hydrogens is 536 g/mol. The highest BCUT2D eigenvalue weighted by Crippen LogP contribution is 2.39. The SMILES string of the molecule is C=C/C(=C\N=Cc1ccnc2c1C=CC1C=CC=NC21)c1cccc(-c2nc3ccccc3c3c4c(ccc23)C=CCC4)c1. The molecule has 2 aliphatic carbocycles. The third-order valence-electron chi connectivity index (χ3n) is 8.84. The molecule has 2 atom stereocenters. The van der Waals surface area contributed by atoms with Crippen molar-refractivity contribution < 1.29 is 0 Å². The first-order valence-corrected chi connectivity index (χ1v) is 15.1. The topological polar surface area (TPSA) is 50.5 Å². The van der Waals surface area contributed by atoms with E-state index in [-0.39, 0.29) is 12.0 Å². The van der Waals surface area contributed by atoms with Crippen LogP contribution in [0.15, 0.2) is 126 Å². The van der Waals surface area contributed by atoms with E-state index in [2.05, 4.69) is 108 Å². The highest BCUT2D eigenvalue weighted by Gasteiger charge is 2.27. The summed E-state index contributed by atoms with van der Waals surface area (Å²) < 4.78 is 0. The highest BCUT2D eigenvalue weighted by molar-refractivity contribution is 6.13. The third-order valence-corrected chi connectivity index (χ3v) is 8.84. The van der Waals surface area contributed by atoms with E-state index in [1.54, 1.807) is 0 Å². The van der Waals surface area contributed by atoms with Gasteiger partial charge in [0.15, 0.2) is 0 Å². The minimum atomic E-state index is 0.0251. The van der Waals surface area contributed by atoms with Gasteiger partial charge in [0.2, 0.25) is 0 Å². The van der Waals surface area contributed by atoms with E-state index in [9.17, 15) is 0 Å². The molecule has 44 heavy (non-hydrogen) atoms. The van der Waals surface area contributed by atoms with Crippen molar-refractivity contribution in [3.8, 4) is 11.3 Å². The maximum atomic E-state index is 5.20. The Balaban J connectivity index is 1.18. The van der Waals surface area contributed by atoms with Gasteiger partial charge in [0.05, 0.1) is 16.9 Å². The van der Waals surface area contributed by atoms with Crippen molar-refractivity contribution in [1.82, 2.24) is 9.97 Å². The number of nitrogens with zero attached hydrogens (tertiary/aromatic N) is 4. The molecule has 4 nitrogen and oxygen atoms in total. The second-order valence-electron chi connectivity index (χ2n) is 11.4. The Morgan fingerprint density at radius 2 is 1.91 bits per heavy atom. The van der Waals surface area contributed by atoms with Crippen LogP contribution in [0.25, 0.3) is 50.7 Å². The lowest BCUT2D eigenvalue weighted by atomic mass is 9.85. The van der Waals surface area contributed by atoms with Gasteiger partial charge >= 0.3 is 0 Å². The number of hydrogen-bond acceptors (Lipinski definition) is 4. The molecule has 3 aromatic carbocycles. The number of aromatic nitrogens is 2. The van der Waals surface area contributed by atoms with Crippen LogP contribution in [0.2, 0.25) is 0 Å². The lowest BCUT2D eigenvalue weighted by Crippen LogP contribution is -2.16. The zero-order chi connectivity index (χ0) is 29.5. The van der Waals surface area contributed by atoms with Crippen LogP contribution in [0.1, 0.15) is 46.0 Å². The molecule has 2 unspecified atom stereocenters. The van der Waals surface area contributed by atoms with Crippen molar-refractivity contribution in [3.63, 3.8) is 0 Å². The number of allylic oxidation sites excluding steroid dienone is 4. The van der Waals surface area contributed by atoms with E-state index in [0.29, 0.717) is 0 Å². The van der Waals surface area contributed by atoms with Gasteiger partial charge in [0.1, 0.15) is 6.04 Å². The number of aryl methyl sites for hydroxylation is 1. The molecule has 3 aliphatic rings. The largest absolute Gasteiger partial charge is 0.282 e. The Kier molecular flexibility index (Phi) is 6.53. The van der Waals surface area contributed by atoms with Crippen LogP contribution in [0, 0.1) is 5.92 Å².